The Balaban J connectivity index is 1.05. The molecule has 3 heterocycles. The lowest BCUT2D eigenvalue weighted by Gasteiger charge is -2.37. The Labute approximate surface area is 178 Å². The van der Waals surface area contributed by atoms with Crippen LogP contribution in [0.2, 0.25) is 0 Å². The minimum atomic E-state index is 0.641. The van der Waals surface area contributed by atoms with E-state index in [1.807, 2.05) is 6.07 Å². The molecule has 0 amide bonds. The number of aromatic nitrogens is 1. The Hall–Kier alpha value is -2.66. The Bertz CT molecular complexity index is 975. The number of H-pyrrole nitrogens is 1. The van der Waals surface area contributed by atoms with Gasteiger partial charge in [0.1, 0.15) is 13.2 Å². The second-order valence-corrected chi connectivity index (χ2v) is 8.30. The summed E-state index contributed by atoms with van der Waals surface area (Å²) in [5.41, 5.74) is 3.89. The zero-order chi connectivity index (χ0) is 20.2. The number of nitrogens with zero attached hydrogens (tertiary/aromatic N) is 2. The summed E-state index contributed by atoms with van der Waals surface area (Å²) in [6.45, 7) is 6.82. The number of para-hydroxylation sites is 2. The predicted molar refractivity (Wildman–Crippen MR) is 122 cm³/mol. The van der Waals surface area contributed by atoms with Crippen LogP contribution in [0.5, 0.6) is 11.5 Å². The molecule has 2 aromatic carbocycles. The highest BCUT2D eigenvalue weighted by Gasteiger charge is 2.23. The average Bonchev–Trinajstić information content (AvgIpc) is 3.22. The second-order valence-electron chi connectivity index (χ2n) is 8.30. The van der Waals surface area contributed by atoms with Crippen LogP contribution in [-0.2, 0) is 6.42 Å². The molecule has 1 N–H and O–H groups in total. The number of nitrogens with one attached hydrogen (secondary N) is 1. The Morgan fingerprint density at radius 2 is 1.70 bits per heavy atom. The van der Waals surface area contributed by atoms with E-state index in [4.69, 9.17) is 9.47 Å². The molecule has 0 unspecified atom stereocenters. The van der Waals surface area contributed by atoms with Crippen molar-refractivity contribution in [3.63, 3.8) is 0 Å². The van der Waals surface area contributed by atoms with E-state index in [2.05, 4.69) is 57.4 Å². The summed E-state index contributed by atoms with van der Waals surface area (Å²) in [6, 6.07) is 14.8. The van der Waals surface area contributed by atoms with Crippen molar-refractivity contribution >= 4 is 16.6 Å². The molecule has 5 heteroatoms. The normalized spacial score (nSPS) is 16.9. The van der Waals surface area contributed by atoms with Crippen LogP contribution in [0.4, 0.5) is 5.69 Å². The molecule has 0 radical (unpaired) electrons. The van der Waals surface area contributed by atoms with E-state index in [0.717, 1.165) is 37.7 Å². The lowest BCUT2D eigenvalue weighted by Crippen LogP contribution is -2.46. The van der Waals surface area contributed by atoms with Gasteiger partial charge in [-0.2, -0.15) is 0 Å². The molecule has 0 atom stereocenters. The van der Waals surface area contributed by atoms with Gasteiger partial charge in [0.25, 0.3) is 0 Å². The van der Waals surface area contributed by atoms with Crippen molar-refractivity contribution in [3.8, 4) is 11.5 Å². The third-order valence-corrected chi connectivity index (χ3v) is 6.35. The molecule has 2 aliphatic rings. The largest absolute Gasteiger partial charge is 0.486 e. The van der Waals surface area contributed by atoms with Crippen LogP contribution in [0.3, 0.4) is 0 Å². The fraction of sp³-hybridized carbons (Fsp3) is 0.440. The van der Waals surface area contributed by atoms with Crippen molar-refractivity contribution in [3.05, 3.63) is 54.2 Å². The molecule has 1 saturated heterocycles. The number of piperazine rings is 1. The number of unbranched alkanes of at least 4 members (excludes halogenated alkanes) is 2. The van der Waals surface area contributed by atoms with Gasteiger partial charge >= 0.3 is 0 Å². The van der Waals surface area contributed by atoms with Gasteiger partial charge in [0.05, 0.1) is 5.69 Å². The second kappa shape index (κ2) is 9.00. The van der Waals surface area contributed by atoms with Gasteiger partial charge in [-0.3, -0.25) is 4.90 Å². The fourth-order valence-electron chi connectivity index (χ4n) is 4.69. The molecule has 2 aliphatic heterocycles. The zero-order valence-electron chi connectivity index (χ0n) is 17.6. The van der Waals surface area contributed by atoms with Gasteiger partial charge in [-0.05, 0) is 49.6 Å². The first-order chi connectivity index (χ1) is 14.9. The molecule has 0 spiro atoms. The van der Waals surface area contributed by atoms with Gasteiger partial charge in [0, 0.05) is 43.3 Å². The maximum Gasteiger partial charge on any atom is 0.184 e. The minimum Gasteiger partial charge on any atom is -0.486 e. The molecule has 0 aliphatic carbocycles. The van der Waals surface area contributed by atoms with E-state index >= 15 is 0 Å². The van der Waals surface area contributed by atoms with Gasteiger partial charge in [0.15, 0.2) is 11.5 Å². The first-order valence-electron chi connectivity index (χ1n) is 11.3. The summed E-state index contributed by atoms with van der Waals surface area (Å²) in [6.07, 6.45) is 7.17. The lowest BCUT2D eigenvalue weighted by atomic mass is 10.1. The fourth-order valence-corrected chi connectivity index (χ4v) is 4.69. The molecule has 1 aromatic heterocycles. The van der Waals surface area contributed by atoms with Crippen molar-refractivity contribution in [2.75, 3.05) is 50.8 Å². The standard InChI is InChI=1S/C25H31N3O2/c1(2-7-20-19-26-22-9-4-3-8-21(20)22)5-12-27-13-15-28(16-14-27)23-10-6-11-24-25(23)30-18-17-29-24/h3-4,6,8-11,19,26H,1-2,5,7,12-18H2. The SMILES string of the molecule is c1cc2c(c(N3CCN(CCCCCc4c[nH]c5ccccc45)CC3)c1)OCCO2. The maximum absolute atomic E-state index is 5.90. The van der Waals surface area contributed by atoms with Crippen LogP contribution in [0, 0.1) is 0 Å². The van der Waals surface area contributed by atoms with Crippen LogP contribution >= 0.6 is 0 Å². The number of hydrogen-bond acceptors (Lipinski definition) is 4. The smallest absolute Gasteiger partial charge is 0.184 e. The summed E-state index contributed by atoms with van der Waals surface area (Å²) < 4.78 is 11.6. The quantitative estimate of drug-likeness (QED) is 0.589. The topological polar surface area (TPSA) is 40.7 Å². The molecular weight excluding hydrogens is 374 g/mol. The summed E-state index contributed by atoms with van der Waals surface area (Å²) in [5.74, 6) is 1.81. The number of anilines is 1. The molecule has 1 fully saturated rings. The zero-order valence-corrected chi connectivity index (χ0v) is 17.6. The van der Waals surface area contributed by atoms with E-state index in [1.165, 1.54) is 54.4 Å². The maximum atomic E-state index is 5.90. The highest BCUT2D eigenvalue weighted by Crippen LogP contribution is 2.39. The van der Waals surface area contributed by atoms with Gasteiger partial charge in [-0.1, -0.05) is 30.7 Å². The highest BCUT2D eigenvalue weighted by molar-refractivity contribution is 5.83. The average molecular weight is 406 g/mol. The van der Waals surface area contributed by atoms with Crippen LogP contribution in [0.15, 0.2) is 48.7 Å². The Kier molecular flexibility index (Phi) is 5.80. The molecule has 0 bridgehead atoms. The number of aromatic amines is 1. The van der Waals surface area contributed by atoms with Crippen LogP contribution in [-0.4, -0.2) is 55.8 Å². The highest BCUT2D eigenvalue weighted by atomic mass is 16.6. The van der Waals surface area contributed by atoms with Crippen molar-refractivity contribution in [2.45, 2.75) is 25.7 Å². The lowest BCUT2D eigenvalue weighted by molar-refractivity contribution is 0.171. The third kappa shape index (κ3) is 4.12. The number of hydrogen-bond donors (Lipinski definition) is 1. The van der Waals surface area contributed by atoms with Crippen LogP contribution < -0.4 is 14.4 Å². The van der Waals surface area contributed by atoms with Crippen LogP contribution in [0.1, 0.15) is 24.8 Å². The first-order valence-corrected chi connectivity index (χ1v) is 11.3. The van der Waals surface area contributed by atoms with Gasteiger partial charge < -0.3 is 19.4 Å². The summed E-state index contributed by atoms with van der Waals surface area (Å²) in [5, 5.41) is 1.38. The van der Waals surface area contributed by atoms with Crippen molar-refractivity contribution < 1.29 is 9.47 Å². The van der Waals surface area contributed by atoms with Gasteiger partial charge in [-0.25, -0.2) is 0 Å². The van der Waals surface area contributed by atoms with Crippen molar-refractivity contribution in [2.24, 2.45) is 0 Å². The Morgan fingerprint density at radius 3 is 2.63 bits per heavy atom. The van der Waals surface area contributed by atoms with Gasteiger partial charge in [-0.15, -0.1) is 0 Å². The van der Waals surface area contributed by atoms with E-state index in [9.17, 15) is 0 Å². The molecule has 158 valence electrons. The number of ether oxygens (including phenoxy) is 2. The monoisotopic (exact) mass is 405 g/mol. The van der Waals surface area contributed by atoms with E-state index < -0.39 is 0 Å². The Morgan fingerprint density at radius 1 is 0.833 bits per heavy atom. The summed E-state index contributed by atoms with van der Waals surface area (Å²) in [4.78, 5) is 8.44. The molecule has 0 saturated carbocycles. The molecule has 30 heavy (non-hydrogen) atoms. The first kappa shape index (κ1) is 19.3. The number of rotatable bonds is 7. The molecule has 5 nitrogen and oxygen atoms in total. The van der Waals surface area contributed by atoms with E-state index in [-0.39, 0.29) is 0 Å². The molecule has 5 rings (SSSR count). The summed E-state index contributed by atoms with van der Waals surface area (Å²) in [7, 11) is 0. The number of fused-ring (bicyclic) bond motifs is 2. The predicted octanol–water partition coefficient (Wildman–Crippen LogP) is 4.47. The minimum absolute atomic E-state index is 0.641. The number of benzene rings is 2. The van der Waals surface area contributed by atoms with E-state index in [1.54, 1.807) is 0 Å². The van der Waals surface area contributed by atoms with Gasteiger partial charge in [0.2, 0.25) is 0 Å². The van der Waals surface area contributed by atoms with Crippen LogP contribution in [0.25, 0.3) is 10.9 Å². The molecular formula is C25H31N3O2. The summed E-state index contributed by atoms with van der Waals surface area (Å²) >= 11 is 0. The van der Waals surface area contributed by atoms with Crippen molar-refractivity contribution in [1.82, 2.24) is 9.88 Å². The van der Waals surface area contributed by atoms with Crippen molar-refractivity contribution in [1.29, 1.82) is 0 Å². The van der Waals surface area contributed by atoms with E-state index in [0.29, 0.717) is 13.2 Å². The molecule has 3 aromatic rings. The number of aryl methyl sites for hydroxylation is 1. The third-order valence-electron chi connectivity index (χ3n) is 6.35.